The van der Waals surface area contributed by atoms with E-state index in [4.69, 9.17) is 11.6 Å². The predicted octanol–water partition coefficient (Wildman–Crippen LogP) is 7.14. The molecule has 0 unspecified atom stereocenters. The summed E-state index contributed by atoms with van der Waals surface area (Å²) in [7, 11) is 0. The molecule has 4 nitrogen and oxygen atoms in total. The lowest BCUT2D eigenvalue weighted by Crippen LogP contribution is -2.01. The van der Waals surface area contributed by atoms with Crippen LogP contribution in [0, 0.1) is 5.82 Å². The van der Waals surface area contributed by atoms with Crippen LogP contribution in [-0.2, 0) is 0 Å². The Balaban J connectivity index is 1.70. The Morgan fingerprint density at radius 2 is 1.60 bits per heavy atom. The second kappa shape index (κ2) is 7.63. The van der Waals surface area contributed by atoms with Gasteiger partial charge in [0.15, 0.2) is 5.82 Å². The second-order valence-corrected chi connectivity index (χ2v) is 7.96. The maximum atomic E-state index is 14.4. The summed E-state index contributed by atoms with van der Waals surface area (Å²) in [5, 5.41) is 5.11. The number of para-hydroxylation sites is 2. The van der Waals surface area contributed by atoms with E-state index < -0.39 is 0 Å². The van der Waals surface area contributed by atoms with E-state index in [1.54, 1.807) is 12.1 Å². The molecular formula is C23H13BrClFN4. The first-order chi connectivity index (χ1) is 14.6. The summed E-state index contributed by atoms with van der Waals surface area (Å²) in [5.41, 5.74) is 2.44. The van der Waals surface area contributed by atoms with Gasteiger partial charge in [0.25, 0.3) is 0 Å². The second-order valence-electron chi connectivity index (χ2n) is 6.68. The lowest BCUT2D eigenvalue weighted by molar-refractivity contribution is 0.631. The Hall–Kier alpha value is -3.09. The van der Waals surface area contributed by atoms with Crippen LogP contribution < -0.4 is 5.32 Å². The number of benzene rings is 3. The fourth-order valence-corrected chi connectivity index (χ4v) is 3.82. The number of aromatic nitrogens is 3. The highest BCUT2D eigenvalue weighted by molar-refractivity contribution is 9.10. The predicted molar refractivity (Wildman–Crippen MR) is 123 cm³/mol. The molecule has 5 aromatic rings. The molecule has 2 heterocycles. The molecule has 0 atom stereocenters. The van der Waals surface area contributed by atoms with Crippen LogP contribution >= 0.6 is 27.5 Å². The van der Waals surface area contributed by atoms with Crippen molar-refractivity contribution in [1.82, 2.24) is 15.0 Å². The summed E-state index contributed by atoms with van der Waals surface area (Å²) in [6.45, 7) is 0. The van der Waals surface area contributed by atoms with Crippen LogP contribution in [0.15, 0.2) is 77.3 Å². The Kier molecular flexibility index (Phi) is 4.81. The Labute approximate surface area is 184 Å². The van der Waals surface area contributed by atoms with Crippen molar-refractivity contribution in [2.24, 2.45) is 0 Å². The van der Waals surface area contributed by atoms with Crippen LogP contribution in [0.5, 0.6) is 0 Å². The molecule has 2 aromatic heterocycles. The van der Waals surface area contributed by atoms with Gasteiger partial charge in [0, 0.05) is 15.2 Å². The average Bonchev–Trinajstić information content (AvgIpc) is 2.75. The number of halogens is 3. The molecule has 0 fully saturated rings. The standard InChI is InChI=1S/C23H13BrClFN4/c24-14-9-10-20(17(26)12-14)29-22-15-6-2-4-8-19(15)28-23(30-22)16-11-13-5-1-3-7-18(13)27-21(16)25/h1-12H,(H,28,29,30). The zero-order chi connectivity index (χ0) is 20.7. The first-order valence-corrected chi connectivity index (χ1v) is 10.3. The summed E-state index contributed by atoms with van der Waals surface area (Å²) in [5.74, 6) is 0.511. The number of fused-ring (bicyclic) bond motifs is 2. The molecule has 0 saturated heterocycles. The normalized spacial score (nSPS) is 11.2. The summed E-state index contributed by atoms with van der Waals surface area (Å²) < 4.78 is 15.1. The molecule has 0 spiro atoms. The zero-order valence-electron chi connectivity index (χ0n) is 15.4. The van der Waals surface area contributed by atoms with Crippen molar-refractivity contribution in [3.63, 3.8) is 0 Å². The third-order valence-corrected chi connectivity index (χ3v) is 5.49. The van der Waals surface area contributed by atoms with Gasteiger partial charge in [-0.05, 0) is 42.5 Å². The molecule has 30 heavy (non-hydrogen) atoms. The molecule has 0 aliphatic carbocycles. The molecule has 0 aliphatic heterocycles. The van der Waals surface area contributed by atoms with Gasteiger partial charge in [0.1, 0.15) is 16.8 Å². The first kappa shape index (κ1) is 18.9. The maximum Gasteiger partial charge on any atom is 0.165 e. The SMILES string of the molecule is Fc1cc(Br)ccc1Nc1nc(-c2cc3ccccc3nc2Cl)nc2ccccc12. The van der Waals surface area contributed by atoms with Crippen molar-refractivity contribution >= 4 is 60.8 Å². The van der Waals surface area contributed by atoms with Crippen molar-refractivity contribution in [1.29, 1.82) is 0 Å². The maximum absolute atomic E-state index is 14.4. The summed E-state index contributed by atoms with van der Waals surface area (Å²) in [4.78, 5) is 13.8. The first-order valence-electron chi connectivity index (χ1n) is 9.13. The van der Waals surface area contributed by atoms with E-state index in [1.165, 1.54) is 6.07 Å². The zero-order valence-corrected chi connectivity index (χ0v) is 17.7. The number of rotatable bonds is 3. The van der Waals surface area contributed by atoms with Crippen molar-refractivity contribution in [3.8, 4) is 11.4 Å². The number of anilines is 2. The molecule has 0 amide bonds. The van der Waals surface area contributed by atoms with Gasteiger partial charge in [-0.3, -0.25) is 0 Å². The van der Waals surface area contributed by atoms with Gasteiger partial charge in [-0.25, -0.2) is 19.3 Å². The third kappa shape index (κ3) is 3.49. The molecule has 146 valence electrons. The lowest BCUT2D eigenvalue weighted by Gasteiger charge is -2.12. The molecule has 3 aromatic carbocycles. The van der Waals surface area contributed by atoms with Gasteiger partial charge in [-0.1, -0.05) is 57.9 Å². The van der Waals surface area contributed by atoms with Crippen LogP contribution in [0.2, 0.25) is 5.15 Å². The Bertz CT molecular complexity index is 1420. The van der Waals surface area contributed by atoms with Crippen molar-refractivity contribution in [2.45, 2.75) is 0 Å². The minimum Gasteiger partial charge on any atom is -0.337 e. The molecule has 7 heteroatoms. The van der Waals surface area contributed by atoms with Gasteiger partial charge in [-0.15, -0.1) is 0 Å². The van der Waals surface area contributed by atoms with E-state index in [0.717, 1.165) is 16.3 Å². The quantitative estimate of drug-likeness (QED) is 0.279. The van der Waals surface area contributed by atoms with Crippen LogP contribution in [0.4, 0.5) is 15.9 Å². The van der Waals surface area contributed by atoms with Gasteiger partial charge in [0.05, 0.1) is 22.3 Å². The topological polar surface area (TPSA) is 50.7 Å². The number of nitrogens with one attached hydrogen (secondary N) is 1. The third-order valence-electron chi connectivity index (χ3n) is 4.71. The Morgan fingerprint density at radius 1 is 0.833 bits per heavy atom. The van der Waals surface area contributed by atoms with Crippen LogP contribution in [-0.4, -0.2) is 15.0 Å². The van der Waals surface area contributed by atoms with Crippen molar-refractivity contribution < 1.29 is 4.39 Å². The number of hydrogen-bond donors (Lipinski definition) is 1. The monoisotopic (exact) mass is 478 g/mol. The summed E-state index contributed by atoms with van der Waals surface area (Å²) >= 11 is 9.74. The molecule has 0 aliphatic rings. The average molecular weight is 480 g/mol. The fraction of sp³-hybridized carbons (Fsp3) is 0. The van der Waals surface area contributed by atoms with Gasteiger partial charge in [-0.2, -0.15) is 0 Å². The number of hydrogen-bond acceptors (Lipinski definition) is 4. The highest BCUT2D eigenvalue weighted by Gasteiger charge is 2.15. The lowest BCUT2D eigenvalue weighted by atomic mass is 10.1. The minimum atomic E-state index is -0.390. The molecule has 0 saturated carbocycles. The van der Waals surface area contributed by atoms with E-state index >= 15 is 0 Å². The number of nitrogens with zero attached hydrogens (tertiary/aromatic N) is 3. The van der Waals surface area contributed by atoms with Crippen LogP contribution in [0.3, 0.4) is 0 Å². The van der Waals surface area contributed by atoms with E-state index in [9.17, 15) is 4.39 Å². The smallest absolute Gasteiger partial charge is 0.165 e. The van der Waals surface area contributed by atoms with Crippen LogP contribution in [0.25, 0.3) is 33.2 Å². The van der Waals surface area contributed by atoms with Crippen molar-refractivity contribution in [2.75, 3.05) is 5.32 Å². The molecule has 0 bridgehead atoms. The van der Waals surface area contributed by atoms with E-state index in [-0.39, 0.29) is 5.82 Å². The highest BCUT2D eigenvalue weighted by Crippen LogP contribution is 2.32. The summed E-state index contributed by atoms with van der Waals surface area (Å²) in [6, 6.07) is 22.0. The van der Waals surface area contributed by atoms with Gasteiger partial charge >= 0.3 is 0 Å². The minimum absolute atomic E-state index is 0.310. The van der Waals surface area contributed by atoms with Gasteiger partial charge in [0.2, 0.25) is 0 Å². The largest absolute Gasteiger partial charge is 0.337 e. The number of pyridine rings is 1. The Morgan fingerprint density at radius 3 is 2.43 bits per heavy atom. The molecule has 5 rings (SSSR count). The van der Waals surface area contributed by atoms with E-state index in [1.807, 2.05) is 54.6 Å². The highest BCUT2D eigenvalue weighted by atomic mass is 79.9. The molecule has 0 radical (unpaired) electrons. The fourth-order valence-electron chi connectivity index (χ4n) is 3.26. The van der Waals surface area contributed by atoms with Gasteiger partial charge < -0.3 is 5.32 Å². The molecular weight excluding hydrogens is 467 g/mol. The molecule has 1 N–H and O–H groups in total. The van der Waals surface area contributed by atoms with Crippen molar-refractivity contribution in [3.05, 3.63) is 88.2 Å². The van der Waals surface area contributed by atoms with E-state index in [0.29, 0.717) is 38.0 Å². The van der Waals surface area contributed by atoms with Crippen LogP contribution in [0.1, 0.15) is 0 Å². The summed E-state index contributed by atoms with van der Waals surface area (Å²) in [6.07, 6.45) is 0. The van der Waals surface area contributed by atoms with E-state index in [2.05, 4.69) is 36.2 Å².